The molecule has 8 rings (SSSR count). The van der Waals surface area contributed by atoms with Crippen molar-refractivity contribution < 1.29 is 9.47 Å². The maximum absolute atomic E-state index is 14.3. The van der Waals surface area contributed by atoms with E-state index < -0.39 is 0 Å². The molecule has 6 aromatic rings. The van der Waals surface area contributed by atoms with Gasteiger partial charge >= 0.3 is 0 Å². The molecule has 232 valence electrons. The number of fused-ring (bicyclic) bond motifs is 4. The lowest BCUT2D eigenvalue weighted by Crippen LogP contribution is -2.38. The predicted octanol–water partition coefficient (Wildman–Crippen LogP) is 8.58. The zero-order valence-electron chi connectivity index (χ0n) is 25.4. The molecule has 0 unspecified atom stereocenters. The molecule has 5 aromatic carbocycles. The van der Waals surface area contributed by atoms with Crippen molar-refractivity contribution in [2.24, 2.45) is 4.99 Å². The van der Waals surface area contributed by atoms with Gasteiger partial charge in [-0.25, -0.2) is 4.99 Å². The van der Waals surface area contributed by atoms with E-state index in [1.165, 1.54) is 27.7 Å². The number of rotatable bonds is 6. The van der Waals surface area contributed by atoms with Gasteiger partial charge in [-0.05, 0) is 114 Å². The van der Waals surface area contributed by atoms with Gasteiger partial charge in [-0.15, -0.1) is 0 Å². The molecule has 0 radical (unpaired) electrons. The number of allylic oxidation sites excluding steroid dienone is 1. The topological polar surface area (TPSA) is 52.8 Å². The molecule has 0 bridgehead atoms. The second-order valence-corrected chi connectivity index (χ2v) is 14.3. The number of halogens is 2. The fourth-order valence-electron chi connectivity index (χ4n) is 6.65. The minimum absolute atomic E-state index is 0.0597. The highest BCUT2D eigenvalue weighted by Crippen LogP contribution is 2.42. The number of methoxy groups -OCH3 is 1. The van der Waals surface area contributed by atoms with Gasteiger partial charge in [-0.3, -0.25) is 9.36 Å². The van der Waals surface area contributed by atoms with Gasteiger partial charge in [-0.2, -0.15) is 0 Å². The highest BCUT2D eigenvalue weighted by atomic mass is 79.9. The Morgan fingerprint density at radius 2 is 1.68 bits per heavy atom. The molecule has 0 fully saturated rings. The van der Waals surface area contributed by atoms with Crippen LogP contribution in [0.1, 0.15) is 40.3 Å². The Labute approximate surface area is 292 Å². The number of thiazole rings is 1. The fourth-order valence-corrected chi connectivity index (χ4v) is 9.11. The summed E-state index contributed by atoms with van der Waals surface area (Å²) in [6.45, 7) is 0.425. The van der Waals surface area contributed by atoms with E-state index in [1.54, 1.807) is 7.11 Å². The Morgan fingerprint density at radius 1 is 0.915 bits per heavy atom. The number of hydrogen-bond donors (Lipinski definition) is 0. The van der Waals surface area contributed by atoms with Crippen molar-refractivity contribution in [3.63, 3.8) is 0 Å². The van der Waals surface area contributed by atoms with Crippen molar-refractivity contribution in [3.8, 4) is 11.5 Å². The Balaban J connectivity index is 1.20. The highest BCUT2D eigenvalue weighted by Gasteiger charge is 2.32. The van der Waals surface area contributed by atoms with Crippen LogP contribution < -0.4 is 24.4 Å². The first kappa shape index (κ1) is 30.1. The van der Waals surface area contributed by atoms with Gasteiger partial charge in [0.1, 0.15) is 18.1 Å². The number of aryl methyl sites for hydroxylation is 1. The fraction of sp³-hybridized carbons (Fsp3) is 0.128. The van der Waals surface area contributed by atoms with Crippen LogP contribution in [0.25, 0.3) is 22.5 Å². The van der Waals surface area contributed by atoms with E-state index >= 15 is 0 Å². The normalized spacial score (nSPS) is 15.6. The molecule has 2 aliphatic rings. The summed E-state index contributed by atoms with van der Waals surface area (Å²) < 4.78 is 16.0. The predicted molar refractivity (Wildman–Crippen MR) is 196 cm³/mol. The monoisotopic (exact) mass is 762 g/mol. The van der Waals surface area contributed by atoms with Crippen LogP contribution in [0.15, 0.2) is 127 Å². The second-order valence-electron chi connectivity index (χ2n) is 11.6. The molecule has 2 heterocycles. The zero-order valence-corrected chi connectivity index (χ0v) is 29.4. The summed E-state index contributed by atoms with van der Waals surface area (Å²) in [4.78, 5) is 20.1. The summed E-state index contributed by atoms with van der Waals surface area (Å²) in [6.07, 6.45) is 3.68. The summed E-state index contributed by atoms with van der Waals surface area (Å²) >= 11 is 8.88. The lowest BCUT2D eigenvalue weighted by molar-refractivity contribution is 0.303. The Hall–Kier alpha value is -4.24. The zero-order chi connectivity index (χ0) is 32.1. The van der Waals surface area contributed by atoms with Gasteiger partial charge < -0.3 is 9.47 Å². The van der Waals surface area contributed by atoms with E-state index in [0.29, 0.717) is 21.7 Å². The quantitative estimate of drug-likeness (QED) is 0.171. The highest BCUT2D eigenvalue weighted by molar-refractivity contribution is 9.11. The van der Waals surface area contributed by atoms with Crippen LogP contribution in [0.2, 0.25) is 0 Å². The van der Waals surface area contributed by atoms with Crippen LogP contribution in [-0.4, -0.2) is 11.7 Å². The maximum atomic E-state index is 14.3. The number of benzene rings is 5. The van der Waals surface area contributed by atoms with Gasteiger partial charge in [0.05, 0.1) is 32.3 Å². The van der Waals surface area contributed by atoms with E-state index in [9.17, 15) is 4.79 Å². The molecule has 0 N–H and O–H groups in total. The molecule has 0 spiro atoms. The van der Waals surface area contributed by atoms with E-state index in [4.69, 9.17) is 14.5 Å². The van der Waals surface area contributed by atoms with Crippen LogP contribution in [0.3, 0.4) is 0 Å². The number of nitrogens with zero attached hydrogens (tertiary/aromatic N) is 2. The summed E-state index contributed by atoms with van der Waals surface area (Å²) in [5, 5.41) is 2.36. The molecular formula is C39H28Br2N2O3S. The van der Waals surface area contributed by atoms with E-state index in [1.807, 2.05) is 53.1 Å². The molecular weight excluding hydrogens is 736 g/mol. The molecule has 8 heteroatoms. The SMILES string of the molecule is COc1cccc([C@H]2C3=C(N=c4s/c(=C\c5cc(Br)c(OCc6cccc7ccccc67)c(Br)c5)c(=O)n42)c2ccccc2CC3)c1. The molecule has 5 nitrogen and oxygen atoms in total. The summed E-state index contributed by atoms with van der Waals surface area (Å²) in [5.41, 5.74) is 7.51. The van der Waals surface area contributed by atoms with Crippen molar-refractivity contribution in [3.05, 3.63) is 165 Å². The molecule has 0 saturated heterocycles. The maximum Gasteiger partial charge on any atom is 0.271 e. The Bertz CT molecular complexity index is 2400. The molecule has 1 aromatic heterocycles. The second kappa shape index (κ2) is 12.4. The average Bonchev–Trinajstić information content (AvgIpc) is 3.40. The van der Waals surface area contributed by atoms with E-state index in [0.717, 1.165) is 61.1 Å². The van der Waals surface area contributed by atoms with Gasteiger partial charge in [0.15, 0.2) is 4.80 Å². The third-order valence-corrected chi connectivity index (χ3v) is 11.0. The summed E-state index contributed by atoms with van der Waals surface area (Å²) in [6, 6.07) is 34.8. The van der Waals surface area contributed by atoms with Crippen molar-refractivity contribution >= 4 is 65.7 Å². The molecule has 47 heavy (non-hydrogen) atoms. The van der Waals surface area contributed by atoms with Crippen LogP contribution in [0.4, 0.5) is 0 Å². The standard InChI is InChI=1S/C39H28Br2N2O3S/c1-45-28-13-7-11-26(21-28)36-31-17-16-25-9-3-5-15-30(25)35(31)42-39-43(36)38(44)34(47-39)20-23-18-32(40)37(33(41)19-23)46-22-27-12-6-10-24-8-2-4-14-29(24)27/h2-15,18-21,36H,16-17,22H2,1H3/b34-20-/t36-/m0/s1. The first-order valence-electron chi connectivity index (χ1n) is 15.3. The van der Waals surface area contributed by atoms with Crippen LogP contribution in [0.5, 0.6) is 11.5 Å². The van der Waals surface area contributed by atoms with Gasteiger partial charge in [0, 0.05) is 5.56 Å². The van der Waals surface area contributed by atoms with Gasteiger partial charge in [0.2, 0.25) is 0 Å². The molecule has 1 aliphatic carbocycles. The number of ether oxygens (including phenoxy) is 2. The van der Waals surface area contributed by atoms with Crippen LogP contribution >= 0.6 is 43.2 Å². The van der Waals surface area contributed by atoms with Crippen molar-refractivity contribution in [1.29, 1.82) is 0 Å². The van der Waals surface area contributed by atoms with Crippen LogP contribution in [-0.2, 0) is 13.0 Å². The third-order valence-electron chi connectivity index (χ3n) is 8.85. The molecule has 1 aliphatic heterocycles. The number of hydrogen-bond acceptors (Lipinski definition) is 5. The first-order valence-corrected chi connectivity index (χ1v) is 17.7. The van der Waals surface area contributed by atoms with E-state index in [2.05, 4.69) is 92.5 Å². The summed E-state index contributed by atoms with van der Waals surface area (Å²) in [7, 11) is 1.67. The summed E-state index contributed by atoms with van der Waals surface area (Å²) in [5.74, 6) is 1.47. The molecule has 1 atom stereocenters. The minimum Gasteiger partial charge on any atom is -0.497 e. The first-order chi connectivity index (χ1) is 23.0. The Morgan fingerprint density at radius 3 is 2.53 bits per heavy atom. The molecule has 0 saturated carbocycles. The van der Waals surface area contributed by atoms with Gasteiger partial charge in [0.25, 0.3) is 5.56 Å². The Kier molecular flexibility index (Phi) is 7.95. The molecule has 0 amide bonds. The van der Waals surface area contributed by atoms with Gasteiger partial charge in [-0.1, -0.05) is 90.2 Å². The van der Waals surface area contributed by atoms with Crippen molar-refractivity contribution in [2.75, 3.05) is 7.11 Å². The lowest BCUT2D eigenvalue weighted by Gasteiger charge is -2.31. The smallest absolute Gasteiger partial charge is 0.271 e. The minimum atomic E-state index is -0.268. The lowest BCUT2D eigenvalue weighted by atomic mass is 9.83. The largest absolute Gasteiger partial charge is 0.497 e. The van der Waals surface area contributed by atoms with Crippen molar-refractivity contribution in [1.82, 2.24) is 4.57 Å². The van der Waals surface area contributed by atoms with Crippen LogP contribution in [0, 0.1) is 0 Å². The number of aromatic nitrogens is 1. The van der Waals surface area contributed by atoms with Crippen molar-refractivity contribution in [2.45, 2.75) is 25.5 Å². The average molecular weight is 765 g/mol. The van der Waals surface area contributed by atoms with E-state index in [-0.39, 0.29) is 11.6 Å². The third kappa shape index (κ3) is 5.48.